The number of hydrogen-bond donors (Lipinski definition) is 2. The van der Waals surface area contributed by atoms with Crippen LogP contribution in [0.4, 0.5) is 4.39 Å². The van der Waals surface area contributed by atoms with E-state index in [-0.39, 0.29) is 17.6 Å². The molecule has 2 aromatic rings. The first-order valence-corrected chi connectivity index (χ1v) is 7.51. The number of carbonyl (C=O) groups is 2. The summed E-state index contributed by atoms with van der Waals surface area (Å²) in [6.45, 7) is 1.71. The molecule has 1 atom stereocenters. The third-order valence-electron chi connectivity index (χ3n) is 2.83. The van der Waals surface area contributed by atoms with Crippen molar-refractivity contribution in [1.29, 1.82) is 0 Å². The van der Waals surface area contributed by atoms with E-state index < -0.39 is 5.25 Å². The number of thioether (sulfide) groups is 1. The molecule has 114 valence electrons. The number of hydrogen-bond acceptors (Lipinski definition) is 3. The van der Waals surface area contributed by atoms with Crippen molar-refractivity contribution >= 4 is 23.6 Å². The molecule has 6 heteroatoms. The second-order valence-corrected chi connectivity index (χ2v) is 5.94. The lowest BCUT2D eigenvalue weighted by Gasteiger charge is -2.12. The van der Waals surface area contributed by atoms with Gasteiger partial charge in [-0.25, -0.2) is 4.39 Å². The quantitative estimate of drug-likeness (QED) is 0.673. The van der Waals surface area contributed by atoms with Crippen LogP contribution in [0.5, 0.6) is 0 Å². The number of benzene rings is 2. The molecule has 0 fully saturated rings. The molecule has 2 aromatic carbocycles. The Hall–Kier alpha value is -2.34. The summed E-state index contributed by atoms with van der Waals surface area (Å²) in [5.41, 5.74) is 5.20. The van der Waals surface area contributed by atoms with Gasteiger partial charge in [0.15, 0.2) is 0 Å². The van der Waals surface area contributed by atoms with Gasteiger partial charge in [-0.15, -0.1) is 11.8 Å². The van der Waals surface area contributed by atoms with Crippen molar-refractivity contribution < 1.29 is 14.0 Å². The summed E-state index contributed by atoms with van der Waals surface area (Å²) < 4.78 is 12.8. The van der Waals surface area contributed by atoms with Crippen LogP contribution in [0, 0.1) is 5.82 Å². The highest BCUT2D eigenvalue weighted by molar-refractivity contribution is 8.00. The summed E-state index contributed by atoms with van der Waals surface area (Å²) in [7, 11) is 0. The monoisotopic (exact) mass is 318 g/mol. The van der Waals surface area contributed by atoms with Gasteiger partial charge in [-0.05, 0) is 43.3 Å². The minimum absolute atomic E-state index is 0.323. The predicted octanol–water partition coefficient (Wildman–Crippen LogP) is 2.77. The van der Waals surface area contributed by atoms with Gasteiger partial charge in [0, 0.05) is 10.5 Å². The molecule has 0 bridgehead atoms. The highest BCUT2D eigenvalue weighted by Crippen LogP contribution is 2.23. The summed E-state index contributed by atoms with van der Waals surface area (Å²) in [6.07, 6.45) is 0. The van der Waals surface area contributed by atoms with Crippen molar-refractivity contribution in [1.82, 2.24) is 10.9 Å². The largest absolute Gasteiger partial charge is 0.272 e. The normalized spacial score (nSPS) is 11.5. The van der Waals surface area contributed by atoms with E-state index >= 15 is 0 Å². The van der Waals surface area contributed by atoms with Crippen molar-refractivity contribution in [3.05, 3.63) is 66.0 Å². The number of halogens is 1. The van der Waals surface area contributed by atoms with Crippen molar-refractivity contribution in [2.75, 3.05) is 0 Å². The first-order valence-electron chi connectivity index (χ1n) is 6.64. The highest BCUT2D eigenvalue weighted by Gasteiger charge is 2.15. The van der Waals surface area contributed by atoms with E-state index in [0.717, 1.165) is 4.90 Å². The van der Waals surface area contributed by atoms with E-state index in [1.807, 2.05) is 0 Å². The number of nitrogens with one attached hydrogen (secondary N) is 2. The van der Waals surface area contributed by atoms with Crippen LogP contribution in [0.1, 0.15) is 17.3 Å². The molecule has 0 radical (unpaired) electrons. The number of carbonyl (C=O) groups excluding carboxylic acids is 2. The molecule has 0 aliphatic carbocycles. The van der Waals surface area contributed by atoms with E-state index in [2.05, 4.69) is 10.9 Å². The lowest BCUT2D eigenvalue weighted by molar-refractivity contribution is -0.121. The average Bonchev–Trinajstić information content (AvgIpc) is 2.55. The summed E-state index contributed by atoms with van der Waals surface area (Å²) in [5.74, 6) is -1.04. The van der Waals surface area contributed by atoms with E-state index in [4.69, 9.17) is 0 Å². The molecule has 22 heavy (non-hydrogen) atoms. The Morgan fingerprint density at radius 2 is 1.64 bits per heavy atom. The molecule has 2 N–H and O–H groups in total. The lowest BCUT2D eigenvalue weighted by atomic mass is 10.2. The third-order valence-corrected chi connectivity index (χ3v) is 3.94. The molecule has 0 aromatic heterocycles. The van der Waals surface area contributed by atoms with Crippen LogP contribution in [0.15, 0.2) is 59.5 Å². The minimum Gasteiger partial charge on any atom is -0.272 e. The van der Waals surface area contributed by atoms with Gasteiger partial charge in [0.1, 0.15) is 5.82 Å². The molecular weight excluding hydrogens is 303 g/mol. The summed E-state index contributed by atoms with van der Waals surface area (Å²) in [4.78, 5) is 24.5. The maximum Gasteiger partial charge on any atom is 0.269 e. The second kappa shape index (κ2) is 7.61. The van der Waals surface area contributed by atoms with Crippen LogP contribution < -0.4 is 10.9 Å². The van der Waals surface area contributed by atoms with Crippen molar-refractivity contribution in [3.8, 4) is 0 Å². The molecule has 0 saturated carbocycles. The summed E-state index contributed by atoms with van der Waals surface area (Å²) in [5, 5.41) is -0.429. The average molecular weight is 318 g/mol. The van der Waals surface area contributed by atoms with Gasteiger partial charge in [-0.1, -0.05) is 18.2 Å². The van der Waals surface area contributed by atoms with Gasteiger partial charge < -0.3 is 0 Å². The van der Waals surface area contributed by atoms with Crippen LogP contribution in [-0.2, 0) is 4.79 Å². The van der Waals surface area contributed by atoms with E-state index in [9.17, 15) is 14.0 Å². The minimum atomic E-state index is -0.429. The Balaban J connectivity index is 1.84. The Kier molecular flexibility index (Phi) is 5.55. The summed E-state index contributed by atoms with van der Waals surface area (Å²) >= 11 is 1.28. The maximum atomic E-state index is 12.8. The van der Waals surface area contributed by atoms with Crippen LogP contribution in [0.3, 0.4) is 0 Å². The Morgan fingerprint density at radius 3 is 2.27 bits per heavy atom. The molecule has 0 heterocycles. The zero-order valence-electron chi connectivity index (χ0n) is 11.9. The van der Waals surface area contributed by atoms with Gasteiger partial charge in [0.25, 0.3) is 11.8 Å². The number of amides is 2. The summed E-state index contributed by atoms with van der Waals surface area (Å²) in [6, 6.07) is 14.5. The zero-order chi connectivity index (χ0) is 15.9. The highest BCUT2D eigenvalue weighted by atomic mass is 32.2. The fraction of sp³-hybridized carbons (Fsp3) is 0.125. The van der Waals surface area contributed by atoms with Crippen molar-refractivity contribution in [3.63, 3.8) is 0 Å². The molecular formula is C16H15FN2O2S. The van der Waals surface area contributed by atoms with Gasteiger partial charge in [0.05, 0.1) is 5.25 Å². The molecule has 0 aliphatic rings. The molecule has 0 spiro atoms. The first kappa shape index (κ1) is 16.0. The Bertz CT molecular complexity index is 647. The van der Waals surface area contributed by atoms with Gasteiger partial charge in [0.2, 0.25) is 0 Å². The van der Waals surface area contributed by atoms with Crippen LogP contribution in [0.25, 0.3) is 0 Å². The van der Waals surface area contributed by atoms with Crippen LogP contribution in [0.2, 0.25) is 0 Å². The fourth-order valence-corrected chi connectivity index (χ4v) is 2.52. The molecule has 4 nitrogen and oxygen atoms in total. The molecule has 0 aliphatic heterocycles. The van der Waals surface area contributed by atoms with E-state index in [0.29, 0.717) is 5.56 Å². The fourth-order valence-electron chi connectivity index (χ4n) is 1.65. The zero-order valence-corrected chi connectivity index (χ0v) is 12.7. The van der Waals surface area contributed by atoms with Crippen molar-refractivity contribution in [2.45, 2.75) is 17.1 Å². The van der Waals surface area contributed by atoms with Gasteiger partial charge in [-0.2, -0.15) is 0 Å². The lowest BCUT2D eigenvalue weighted by Crippen LogP contribution is -2.44. The van der Waals surface area contributed by atoms with E-state index in [1.54, 1.807) is 49.4 Å². The van der Waals surface area contributed by atoms with Crippen LogP contribution in [-0.4, -0.2) is 17.1 Å². The second-order valence-electron chi connectivity index (χ2n) is 4.52. The molecule has 2 rings (SSSR count). The molecule has 0 saturated heterocycles. The molecule has 2 amide bonds. The third kappa shape index (κ3) is 4.60. The van der Waals surface area contributed by atoms with Crippen LogP contribution >= 0.6 is 11.8 Å². The number of hydrazine groups is 1. The van der Waals surface area contributed by atoms with Gasteiger partial charge in [-0.3, -0.25) is 20.4 Å². The SMILES string of the molecule is C[C@@H](Sc1ccc(F)cc1)C(=O)NNC(=O)c1ccccc1. The number of rotatable bonds is 4. The topological polar surface area (TPSA) is 58.2 Å². The standard InChI is InChI=1S/C16H15FN2O2S/c1-11(22-14-9-7-13(17)8-10-14)15(20)18-19-16(21)12-5-3-2-4-6-12/h2-11H,1H3,(H,18,20)(H,19,21)/t11-/m1/s1. The smallest absolute Gasteiger partial charge is 0.269 e. The Labute approximate surface area is 132 Å². The maximum absolute atomic E-state index is 12.8. The van der Waals surface area contributed by atoms with Crippen molar-refractivity contribution in [2.24, 2.45) is 0 Å². The molecule has 0 unspecified atom stereocenters. The van der Waals surface area contributed by atoms with Gasteiger partial charge >= 0.3 is 0 Å². The first-order chi connectivity index (χ1) is 10.6. The Morgan fingerprint density at radius 1 is 1.00 bits per heavy atom. The predicted molar refractivity (Wildman–Crippen MR) is 83.8 cm³/mol. The van der Waals surface area contributed by atoms with E-state index in [1.165, 1.54) is 23.9 Å².